The molecule has 0 radical (unpaired) electrons. The molecule has 2 aromatic heterocycles. The first-order chi connectivity index (χ1) is 12.7. The van der Waals surface area contributed by atoms with Crippen molar-refractivity contribution in [1.82, 2.24) is 4.98 Å². The normalized spacial score (nSPS) is 11.0. The first-order valence-corrected chi connectivity index (χ1v) is 9.32. The summed E-state index contributed by atoms with van der Waals surface area (Å²) in [5.74, 6) is 0.666. The van der Waals surface area contributed by atoms with Gasteiger partial charge in [-0.25, -0.2) is 4.98 Å². The molecular weight excluding hydrogens is 368 g/mol. The molecule has 4 nitrogen and oxygen atoms in total. The number of benzene rings is 2. The maximum absolute atomic E-state index is 13.0. The Bertz CT molecular complexity index is 1030. The highest BCUT2D eigenvalue weighted by Gasteiger charge is 2.22. The van der Waals surface area contributed by atoms with Crippen LogP contribution in [0, 0.1) is 0 Å². The van der Waals surface area contributed by atoms with Crippen molar-refractivity contribution in [2.75, 3.05) is 4.90 Å². The molecule has 2 heterocycles. The van der Waals surface area contributed by atoms with Gasteiger partial charge in [0.15, 0.2) is 5.13 Å². The molecule has 0 N–H and O–H groups in total. The fourth-order valence-electron chi connectivity index (χ4n) is 2.71. The van der Waals surface area contributed by atoms with E-state index in [0.29, 0.717) is 34.4 Å². The molecular formula is C20H15ClN2O2S. The number of amides is 1. The number of carbonyl (C=O) groups excluding carboxylic acids is 1. The predicted octanol–water partition coefficient (Wildman–Crippen LogP) is 5.32. The average Bonchev–Trinajstić information content (AvgIpc) is 3.30. The fourth-order valence-corrected chi connectivity index (χ4v) is 3.99. The van der Waals surface area contributed by atoms with E-state index in [0.717, 1.165) is 10.3 Å². The maximum atomic E-state index is 13.0. The number of anilines is 1. The lowest BCUT2D eigenvalue weighted by Crippen LogP contribution is -2.31. The molecule has 0 aliphatic heterocycles. The van der Waals surface area contributed by atoms with Gasteiger partial charge in [-0.05, 0) is 29.8 Å². The number of rotatable bonds is 5. The van der Waals surface area contributed by atoms with E-state index in [4.69, 9.17) is 16.0 Å². The minimum Gasteiger partial charge on any atom is -0.467 e. The summed E-state index contributed by atoms with van der Waals surface area (Å²) in [4.78, 5) is 19.3. The fraction of sp³-hybridized carbons (Fsp3) is 0.100. The minimum absolute atomic E-state index is 0.0391. The van der Waals surface area contributed by atoms with Gasteiger partial charge in [-0.2, -0.15) is 0 Å². The van der Waals surface area contributed by atoms with E-state index in [1.54, 1.807) is 17.2 Å². The van der Waals surface area contributed by atoms with Crippen LogP contribution < -0.4 is 4.90 Å². The third-order valence-corrected chi connectivity index (χ3v) is 5.33. The van der Waals surface area contributed by atoms with Crippen molar-refractivity contribution in [3.05, 3.63) is 83.3 Å². The van der Waals surface area contributed by atoms with Gasteiger partial charge in [0.2, 0.25) is 5.91 Å². The monoisotopic (exact) mass is 382 g/mol. The summed E-state index contributed by atoms with van der Waals surface area (Å²) in [6.07, 6.45) is 1.90. The van der Waals surface area contributed by atoms with Crippen LogP contribution >= 0.6 is 22.9 Å². The molecule has 1 amide bonds. The van der Waals surface area contributed by atoms with Crippen LogP contribution in [0.25, 0.3) is 10.2 Å². The number of halogens is 1. The number of para-hydroxylation sites is 1. The van der Waals surface area contributed by atoms with E-state index in [2.05, 4.69) is 4.98 Å². The van der Waals surface area contributed by atoms with Crippen LogP contribution in [-0.2, 0) is 17.8 Å². The molecule has 0 spiro atoms. The number of aromatic nitrogens is 1. The molecule has 2 aromatic carbocycles. The number of hydrogen-bond donors (Lipinski definition) is 0. The van der Waals surface area contributed by atoms with Gasteiger partial charge in [-0.15, -0.1) is 0 Å². The van der Waals surface area contributed by atoms with Crippen LogP contribution in [-0.4, -0.2) is 10.9 Å². The van der Waals surface area contributed by atoms with E-state index in [9.17, 15) is 4.79 Å². The second-order valence-electron chi connectivity index (χ2n) is 5.80. The zero-order chi connectivity index (χ0) is 17.9. The zero-order valence-electron chi connectivity index (χ0n) is 13.8. The molecule has 0 fully saturated rings. The second kappa shape index (κ2) is 7.32. The van der Waals surface area contributed by atoms with E-state index < -0.39 is 0 Å². The number of nitrogens with zero attached hydrogens (tertiary/aromatic N) is 2. The van der Waals surface area contributed by atoms with Gasteiger partial charge in [-0.3, -0.25) is 9.69 Å². The lowest BCUT2D eigenvalue weighted by atomic mass is 10.1. The van der Waals surface area contributed by atoms with Gasteiger partial charge >= 0.3 is 0 Å². The Labute approximate surface area is 159 Å². The van der Waals surface area contributed by atoms with Gasteiger partial charge in [-0.1, -0.05) is 59.3 Å². The van der Waals surface area contributed by atoms with Crippen molar-refractivity contribution in [2.45, 2.75) is 13.0 Å². The molecule has 0 saturated carbocycles. The number of hydrogen-bond acceptors (Lipinski definition) is 4. The van der Waals surface area contributed by atoms with E-state index in [1.807, 2.05) is 54.6 Å². The van der Waals surface area contributed by atoms with Gasteiger partial charge in [0.25, 0.3) is 0 Å². The van der Waals surface area contributed by atoms with Crippen LogP contribution in [0.4, 0.5) is 5.13 Å². The average molecular weight is 383 g/mol. The summed E-state index contributed by atoms with van der Waals surface area (Å²) >= 11 is 7.70. The Hall–Kier alpha value is -2.63. The third kappa shape index (κ3) is 3.49. The second-order valence-corrected chi connectivity index (χ2v) is 7.22. The van der Waals surface area contributed by atoms with E-state index in [1.165, 1.54) is 11.3 Å². The van der Waals surface area contributed by atoms with Gasteiger partial charge in [0.05, 0.1) is 29.0 Å². The molecule has 130 valence electrons. The van der Waals surface area contributed by atoms with Crippen molar-refractivity contribution in [1.29, 1.82) is 0 Å². The Kier molecular flexibility index (Phi) is 4.73. The van der Waals surface area contributed by atoms with Gasteiger partial charge in [0, 0.05) is 0 Å². The molecule has 4 aromatic rings. The number of fused-ring (bicyclic) bond motifs is 1. The summed E-state index contributed by atoms with van der Waals surface area (Å²) in [7, 11) is 0. The van der Waals surface area contributed by atoms with Crippen molar-refractivity contribution in [2.24, 2.45) is 0 Å². The molecule has 4 rings (SSSR count). The predicted molar refractivity (Wildman–Crippen MR) is 105 cm³/mol. The maximum Gasteiger partial charge on any atom is 0.233 e. The summed E-state index contributed by atoms with van der Waals surface area (Å²) < 4.78 is 6.39. The summed E-state index contributed by atoms with van der Waals surface area (Å²) in [5, 5.41) is 1.20. The number of carbonyl (C=O) groups is 1. The first-order valence-electron chi connectivity index (χ1n) is 8.12. The molecule has 0 atom stereocenters. The molecule has 6 heteroatoms. The van der Waals surface area contributed by atoms with E-state index in [-0.39, 0.29) is 5.91 Å². The van der Waals surface area contributed by atoms with Crippen LogP contribution in [0.2, 0.25) is 5.02 Å². The lowest BCUT2D eigenvalue weighted by Gasteiger charge is -2.18. The summed E-state index contributed by atoms with van der Waals surface area (Å²) in [6, 6.07) is 19.0. The van der Waals surface area contributed by atoms with Gasteiger partial charge < -0.3 is 4.42 Å². The SMILES string of the molecule is O=C(Cc1ccccc1)N(Cc1ccco1)c1nc2c(Cl)cccc2s1. The smallest absolute Gasteiger partial charge is 0.233 e. The van der Waals surface area contributed by atoms with Gasteiger partial charge in [0.1, 0.15) is 11.3 Å². The van der Waals surface area contributed by atoms with Crippen molar-refractivity contribution in [3.63, 3.8) is 0 Å². The standard InChI is InChI=1S/C20H15ClN2O2S/c21-16-9-4-10-17-19(16)22-20(26-17)23(13-15-8-5-11-25-15)18(24)12-14-6-2-1-3-7-14/h1-11H,12-13H2. The van der Waals surface area contributed by atoms with Crippen LogP contribution in [0.1, 0.15) is 11.3 Å². The molecule has 0 unspecified atom stereocenters. The molecule has 0 saturated heterocycles. The number of furan rings is 1. The van der Waals surface area contributed by atoms with Crippen LogP contribution in [0.3, 0.4) is 0 Å². The third-order valence-electron chi connectivity index (χ3n) is 3.98. The van der Waals surface area contributed by atoms with Crippen molar-refractivity contribution in [3.8, 4) is 0 Å². The van der Waals surface area contributed by atoms with E-state index >= 15 is 0 Å². The largest absolute Gasteiger partial charge is 0.467 e. The van der Waals surface area contributed by atoms with Crippen LogP contribution in [0.5, 0.6) is 0 Å². The zero-order valence-corrected chi connectivity index (χ0v) is 15.3. The Morgan fingerprint density at radius 1 is 1.08 bits per heavy atom. The van der Waals surface area contributed by atoms with Crippen molar-refractivity contribution < 1.29 is 9.21 Å². The quantitative estimate of drug-likeness (QED) is 0.469. The highest BCUT2D eigenvalue weighted by Crippen LogP contribution is 2.33. The minimum atomic E-state index is -0.0391. The lowest BCUT2D eigenvalue weighted by molar-refractivity contribution is -0.118. The van der Waals surface area contributed by atoms with Crippen LogP contribution in [0.15, 0.2) is 71.3 Å². The molecule has 0 bridgehead atoms. The summed E-state index contributed by atoms with van der Waals surface area (Å²) in [6.45, 7) is 0.329. The summed E-state index contributed by atoms with van der Waals surface area (Å²) in [5.41, 5.74) is 1.67. The highest BCUT2D eigenvalue weighted by atomic mass is 35.5. The molecule has 0 aliphatic carbocycles. The Balaban J connectivity index is 1.69. The highest BCUT2D eigenvalue weighted by molar-refractivity contribution is 7.22. The molecule has 26 heavy (non-hydrogen) atoms. The first kappa shape index (κ1) is 16.8. The topological polar surface area (TPSA) is 46.3 Å². The number of thiazole rings is 1. The Morgan fingerprint density at radius 3 is 2.65 bits per heavy atom. The molecule has 0 aliphatic rings. The Morgan fingerprint density at radius 2 is 1.92 bits per heavy atom. The van der Waals surface area contributed by atoms with Crippen molar-refractivity contribution >= 4 is 44.2 Å².